The van der Waals surface area contributed by atoms with Gasteiger partial charge in [-0.15, -0.1) is 0 Å². The first kappa shape index (κ1) is 21.0. The zero-order chi connectivity index (χ0) is 19.6. The summed E-state index contributed by atoms with van der Waals surface area (Å²) in [7, 11) is 0. The number of benzene rings is 2. The Balaban J connectivity index is 1.78. The van der Waals surface area contributed by atoms with Gasteiger partial charge in [-0.05, 0) is 91.9 Å². The van der Waals surface area contributed by atoms with Crippen molar-refractivity contribution in [3.8, 4) is 17.2 Å². The average Bonchev–Trinajstić information content (AvgIpc) is 2.64. The maximum absolute atomic E-state index is 11.9. The Morgan fingerprint density at radius 2 is 1.52 bits per heavy atom. The molecule has 6 nitrogen and oxygen atoms in total. The summed E-state index contributed by atoms with van der Waals surface area (Å²) >= 11 is 2.24. The lowest BCUT2D eigenvalue weighted by Gasteiger charge is -2.14. The van der Waals surface area contributed by atoms with E-state index in [4.69, 9.17) is 19.0 Å². The number of oxime groups is 1. The Hall–Kier alpha value is -2.29. The summed E-state index contributed by atoms with van der Waals surface area (Å²) < 4.78 is 17.6. The predicted molar refractivity (Wildman–Crippen MR) is 111 cm³/mol. The fourth-order valence-corrected chi connectivity index (χ4v) is 2.31. The van der Waals surface area contributed by atoms with Crippen LogP contribution in [0, 0.1) is 3.57 Å². The van der Waals surface area contributed by atoms with Gasteiger partial charge in [0.15, 0.2) is 12.7 Å². The first-order valence-electron chi connectivity index (χ1n) is 8.44. The van der Waals surface area contributed by atoms with E-state index in [0.29, 0.717) is 11.5 Å². The molecule has 0 bridgehead atoms. The molecule has 0 heterocycles. The van der Waals surface area contributed by atoms with E-state index in [9.17, 15) is 4.79 Å². The first-order chi connectivity index (χ1) is 12.9. The third kappa shape index (κ3) is 7.86. The van der Waals surface area contributed by atoms with Gasteiger partial charge in [-0.3, -0.25) is 0 Å². The smallest absolute Gasteiger partial charge is 0.347 e. The molecule has 0 saturated heterocycles. The number of halogens is 1. The lowest BCUT2D eigenvalue weighted by atomic mass is 10.3. The third-order valence-electron chi connectivity index (χ3n) is 3.18. The van der Waals surface area contributed by atoms with Crippen molar-refractivity contribution in [1.29, 1.82) is 0 Å². The van der Waals surface area contributed by atoms with Gasteiger partial charge in [-0.1, -0.05) is 5.16 Å². The SMILES string of the molecule is CC(C)=NOCCOC(=O)[C@@H](C)Oc1ccc(Oc2ccc(I)cc2)cc1. The minimum absolute atomic E-state index is 0.117. The van der Waals surface area contributed by atoms with Crippen molar-refractivity contribution in [3.05, 3.63) is 52.1 Å². The van der Waals surface area contributed by atoms with Crippen molar-refractivity contribution in [2.75, 3.05) is 13.2 Å². The van der Waals surface area contributed by atoms with Gasteiger partial charge in [0.1, 0.15) is 23.9 Å². The largest absolute Gasteiger partial charge is 0.479 e. The van der Waals surface area contributed by atoms with E-state index in [1.807, 2.05) is 38.1 Å². The van der Waals surface area contributed by atoms with Crippen molar-refractivity contribution in [2.45, 2.75) is 26.9 Å². The van der Waals surface area contributed by atoms with Crippen molar-refractivity contribution < 1.29 is 23.8 Å². The van der Waals surface area contributed by atoms with E-state index in [-0.39, 0.29) is 13.2 Å². The summed E-state index contributed by atoms with van der Waals surface area (Å²) in [6.45, 7) is 5.59. The van der Waals surface area contributed by atoms with Crippen molar-refractivity contribution >= 4 is 34.3 Å². The Morgan fingerprint density at radius 1 is 0.963 bits per heavy atom. The van der Waals surface area contributed by atoms with E-state index in [1.165, 1.54) is 0 Å². The van der Waals surface area contributed by atoms with Crippen molar-refractivity contribution in [2.24, 2.45) is 5.16 Å². The molecule has 1 atom stereocenters. The number of hydrogen-bond acceptors (Lipinski definition) is 6. The fourth-order valence-electron chi connectivity index (χ4n) is 1.95. The molecule has 0 aliphatic rings. The molecule has 2 rings (SSSR count). The molecular formula is C20H22INO5. The van der Waals surface area contributed by atoms with Crippen LogP contribution in [-0.2, 0) is 14.4 Å². The van der Waals surface area contributed by atoms with E-state index in [1.54, 1.807) is 31.2 Å². The van der Waals surface area contributed by atoms with Gasteiger partial charge in [0.25, 0.3) is 0 Å². The van der Waals surface area contributed by atoms with Gasteiger partial charge in [0, 0.05) is 3.57 Å². The molecule has 2 aromatic carbocycles. The highest BCUT2D eigenvalue weighted by Gasteiger charge is 2.16. The van der Waals surface area contributed by atoms with Crippen LogP contribution in [0.2, 0.25) is 0 Å². The lowest BCUT2D eigenvalue weighted by molar-refractivity contribution is -0.152. The molecule has 2 aromatic rings. The minimum Gasteiger partial charge on any atom is -0.479 e. The fraction of sp³-hybridized carbons (Fsp3) is 0.300. The number of carbonyl (C=O) groups excluding carboxylic acids is 1. The molecule has 7 heteroatoms. The second-order valence-corrected chi connectivity index (χ2v) is 7.07. The van der Waals surface area contributed by atoms with E-state index >= 15 is 0 Å². The third-order valence-corrected chi connectivity index (χ3v) is 3.90. The van der Waals surface area contributed by atoms with Crippen molar-refractivity contribution in [3.63, 3.8) is 0 Å². The summed E-state index contributed by atoms with van der Waals surface area (Å²) in [6, 6.07) is 14.8. The predicted octanol–water partition coefficient (Wildman–Crippen LogP) is 4.81. The molecule has 0 fully saturated rings. The number of rotatable bonds is 9. The number of carbonyl (C=O) groups is 1. The molecule has 27 heavy (non-hydrogen) atoms. The maximum atomic E-state index is 11.9. The van der Waals surface area contributed by atoms with Crippen LogP contribution in [0.3, 0.4) is 0 Å². The molecule has 0 saturated carbocycles. The summed E-state index contributed by atoms with van der Waals surface area (Å²) in [5.41, 5.74) is 0.799. The molecule has 144 valence electrons. The van der Waals surface area contributed by atoms with Crippen LogP contribution in [0.15, 0.2) is 53.7 Å². The van der Waals surface area contributed by atoms with Gasteiger partial charge < -0.3 is 19.0 Å². The highest BCUT2D eigenvalue weighted by atomic mass is 127. The van der Waals surface area contributed by atoms with Gasteiger partial charge in [-0.2, -0.15) is 0 Å². The highest BCUT2D eigenvalue weighted by Crippen LogP contribution is 2.25. The van der Waals surface area contributed by atoms with Crippen LogP contribution in [0.5, 0.6) is 17.2 Å². The second-order valence-electron chi connectivity index (χ2n) is 5.83. The summed E-state index contributed by atoms with van der Waals surface area (Å²) in [5.74, 6) is 1.53. The summed E-state index contributed by atoms with van der Waals surface area (Å²) in [6.07, 6.45) is -0.732. The Morgan fingerprint density at radius 3 is 2.11 bits per heavy atom. The Kier molecular flexibility index (Phi) is 8.38. The van der Waals surface area contributed by atoms with Crippen LogP contribution in [0.25, 0.3) is 0 Å². The number of hydrogen-bond donors (Lipinski definition) is 0. The summed E-state index contributed by atoms with van der Waals surface area (Å²) in [4.78, 5) is 16.9. The monoisotopic (exact) mass is 483 g/mol. The topological polar surface area (TPSA) is 66.4 Å². The van der Waals surface area contributed by atoms with Crippen LogP contribution < -0.4 is 9.47 Å². The van der Waals surface area contributed by atoms with Crippen LogP contribution in [0.1, 0.15) is 20.8 Å². The minimum atomic E-state index is -0.732. The van der Waals surface area contributed by atoms with E-state index in [2.05, 4.69) is 27.7 Å². The van der Waals surface area contributed by atoms with Gasteiger partial charge in [0.2, 0.25) is 0 Å². The number of ether oxygens (including phenoxy) is 3. The van der Waals surface area contributed by atoms with Gasteiger partial charge in [0.05, 0.1) is 5.71 Å². The first-order valence-corrected chi connectivity index (χ1v) is 9.52. The van der Waals surface area contributed by atoms with Crippen LogP contribution >= 0.6 is 22.6 Å². The molecule has 0 radical (unpaired) electrons. The molecule has 0 amide bonds. The molecule has 0 aliphatic carbocycles. The Bertz CT molecular complexity index is 755. The summed E-state index contributed by atoms with van der Waals surface area (Å²) in [5, 5.41) is 3.76. The lowest BCUT2D eigenvalue weighted by Crippen LogP contribution is -2.27. The quantitative estimate of drug-likeness (QED) is 0.169. The zero-order valence-electron chi connectivity index (χ0n) is 15.5. The molecule has 0 aliphatic heterocycles. The molecule has 0 N–H and O–H groups in total. The second kappa shape index (κ2) is 10.8. The van der Waals surface area contributed by atoms with Crippen LogP contribution in [0.4, 0.5) is 0 Å². The zero-order valence-corrected chi connectivity index (χ0v) is 17.6. The highest BCUT2D eigenvalue weighted by molar-refractivity contribution is 14.1. The standard InChI is InChI=1S/C20H22INO5/c1-14(2)22-25-13-12-24-20(23)15(3)26-17-8-10-19(11-9-17)27-18-6-4-16(21)5-7-18/h4-11,15H,12-13H2,1-3H3/t15-/m1/s1. The van der Waals surface area contributed by atoms with Gasteiger partial charge >= 0.3 is 5.97 Å². The van der Waals surface area contributed by atoms with E-state index in [0.717, 1.165) is 15.0 Å². The molecular weight excluding hydrogens is 461 g/mol. The maximum Gasteiger partial charge on any atom is 0.347 e. The van der Waals surface area contributed by atoms with E-state index < -0.39 is 12.1 Å². The Labute approximate surface area is 172 Å². The molecule has 0 aromatic heterocycles. The van der Waals surface area contributed by atoms with Crippen LogP contribution in [-0.4, -0.2) is 31.0 Å². The number of esters is 1. The normalized spacial score (nSPS) is 11.3. The molecule has 0 unspecified atom stereocenters. The van der Waals surface area contributed by atoms with Crippen molar-refractivity contribution in [1.82, 2.24) is 0 Å². The average molecular weight is 483 g/mol. The number of nitrogens with zero attached hydrogens (tertiary/aromatic N) is 1. The van der Waals surface area contributed by atoms with Gasteiger partial charge in [-0.25, -0.2) is 4.79 Å². The molecule has 0 spiro atoms.